The van der Waals surface area contributed by atoms with Gasteiger partial charge >= 0.3 is 5.97 Å². The summed E-state index contributed by atoms with van der Waals surface area (Å²) < 4.78 is 10.5. The van der Waals surface area contributed by atoms with Crippen LogP contribution in [0.5, 0.6) is 0 Å². The van der Waals surface area contributed by atoms with Crippen LogP contribution in [0, 0.1) is 12.8 Å². The standard InChI is InChI=1S/C14H16O3/c1-9-3-5-10(6-4-9)14-7-11(17-8-14)12(14)13(15)16-2/h3-6,11-12H,7-8H2,1-2H3/t11-,12+,14-/m1/s1. The first-order valence-electron chi connectivity index (χ1n) is 5.94. The predicted octanol–water partition coefficient (Wildman–Crippen LogP) is 1.82. The van der Waals surface area contributed by atoms with Crippen molar-refractivity contribution in [3.63, 3.8) is 0 Å². The summed E-state index contributed by atoms with van der Waals surface area (Å²) in [5.74, 6) is -0.255. The van der Waals surface area contributed by atoms with E-state index >= 15 is 0 Å². The Balaban J connectivity index is 1.96. The van der Waals surface area contributed by atoms with Gasteiger partial charge in [0.2, 0.25) is 0 Å². The summed E-state index contributed by atoms with van der Waals surface area (Å²) in [5.41, 5.74) is 2.30. The molecule has 0 amide bonds. The second-order valence-electron chi connectivity index (χ2n) is 5.08. The lowest BCUT2D eigenvalue weighted by Gasteiger charge is -2.43. The zero-order valence-electron chi connectivity index (χ0n) is 10.1. The molecule has 0 aromatic heterocycles. The fourth-order valence-corrected chi connectivity index (χ4v) is 3.13. The molecule has 1 aliphatic carbocycles. The SMILES string of the molecule is COC(=O)[C@@H]1[C@H]2C[C@]1(c1ccc(C)cc1)CO2. The molecule has 1 aromatic carbocycles. The zero-order chi connectivity index (χ0) is 12.0. The van der Waals surface area contributed by atoms with Gasteiger partial charge in [-0.15, -0.1) is 0 Å². The minimum absolute atomic E-state index is 0.0590. The molecular formula is C14H16O3. The van der Waals surface area contributed by atoms with E-state index in [1.165, 1.54) is 18.2 Å². The Morgan fingerprint density at radius 2 is 2.12 bits per heavy atom. The Morgan fingerprint density at radius 3 is 2.71 bits per heavy atom. The minimum atomic E-state index is -0.140. The number of hydrogen-bond donors (Lipinski definition) is 0. The molecule has 2 bridgehead atoms. The van der Waals surface area contributed by atoms with E-state index in [0.717, 1.165) is 6.42 Å². The van der Waals surface area contributed by atoms with Gasteiger partial charge in [0.05, 0.1) is 25.7 Å². The van der Waals surface area contributed by atoms with Crippen LogP contribution in [-0.4, -0.2) is 25.8 Å². The fourth-order valence-electron chi connectivity index (χ4n) is 3.13. The summed E-state index contributed by atoms with van der Waals surface area (Å²) in [6, 6.07) is 8.39. The Morgan fingerprint density at radius 1 is 1.41 bits per heavy atom. The smallest absolute Gasteiger partial charge is 0.312 e. The van der Waals surface area contributed by atoms with Crippen molar-refractivity contribution in [2.24, 2.45) is 5.92 Å². The van der Waals surface area contributed by atoms with Crippen molar-refractivity contribution in [1.29, 1.82) is 0 Å². The Hall–Kier alpha value is -1.35. The molecule has 2 saturated heterocycles. The van der Waals surface area contributed by atoms with E-state index in [4.69, 9.17) is 9.47 Å². The number of hydrogen-bond acceptors (Lipinski definition) is 3. The van der Waals surface area contributed by atoms with Crippen molar-refractivity contribution < 1.29 is 14.3 Å². The Labute approximate surface area is 101 Å². The molecule has 0 unspecified atom stereocenters. The molecule has 2 aliphatic heterocycles. The van der Waals surface area contributed by atoms with Crippen LogP contribution in [0.15, 0.2) is 24.3 Å². The maximum Gasteiger partial charge on any atom is 0.312 e. The molecule has 0 radical (unpaired) electrons. The van der Waals surface area contributed by atoms with E-state index in [1.807, 2.05) is 0 Å². The van der Waals surface area contributed by atoms with Gasteiger partial charge in [0.25, 0.3) is 0 Å². The van der Waals surface area contributed by atoms with Gasteiger partial charge in [-0.25, -0.2) is 0 Å². The quantitative estimate of drug-likeness (QED) is 0.730. The fraction of sp³-hybridized carbons (Fsp3) is 0.500. The molecule has 4 rings (SSSR count). The summed E-state index contributed by atoms with van der Waals surface area (Å²) in [6.45, 7) is 2.70. The molecule has 3 nitrogen and oxygen atoms in total. The maximum atomic E-state index is 11.8. The number of rotatable bonds is 2. The van der Waals surface area contributed by atoms with Crippen LogP contribution in [0.2, 0.25) is 0 Å². The molecule has 3 aliphatic rings. The summed E-state index contributed by atoms with van der Waals surface area (Å²) >= 11 is 0. The molecule has 3 fully saturated rings. The normalized spacial score (nSPS) is 34.2. The highest BCUT2D eigenvalue weighted by Gasteiger charge is 2.65. The third kappa shape index (κ3) is 1.35. The number of carbonyl (C=O) groups excluding carboxylic acids is 1. The first-order valence-corrected chi connectivity index (χ1v) is 5.94. The van der Waals surface area contributed by atoms with Gasteiger partial charge in [-0.2, -0.15) is 0 Å². The van der Waals surface area contributed by atoms with Crippen molar-refractivity contribution >= 4 is 5.97 Å². The summed E-state index contributed by atoms with van der Waals surface area (Å²) in [4.78, 5) is 11.8. The molecule has 0 spiro atoms. The van der Waals surface area contributed by atoms with E-state index in [1.54, 1.807) is 0 Å². The van der Waals surface area contributed by atoms with Gasteiger partial charge in [-0.3, -0.25) is 4.79 Å². The number of fused-ring (bicyclic) bond motifs is 1. The highest BCUT2D eigenvalue weighted by atomic mass is 16.5. The third-order valence-corrected chi connectivity index (χ3v) is 4.17. The zero-order valence-corrected chi connectivity index (χ0v) is 10.1. The lowest BCUT2D eigenvalue weighted by atomic mass is 9.57. The number of ether oxygens (including phenoxy) is 2. The molecule has 1 aromatic rings. The number of carbonyl (C=O) groups is 1. The molecule has 1 saturated carbocycles. The van der Waals surface area contributed by atoms with Crippen LogP contribution in [-0.2, 0) is 19.7 Å². The number of methoxy groups -OCH3 is 1. The number of benzene rings is 1. The molecule has 90 valence electrons. The van der Waals surface area contributed by atoms with Crippen molar-refractivity contribution in [2.75, 3.05) is 13.7 Å². The van der Waals surface area contributed by atoms with Crippen molar-refractivity contribution in [1.82, 2.24) is 0 Å². The average Bonchev–Trinajstić information content (AvgIpc) is 2.89. The number of esters is 1. The lowest BCUT2D eigenvalue weighted by Crippen LogP contribution is -2.52. The van der Waals surface area contributed by atoms with Crippen molar-refractivity contribution in [3.05, 3.63) is 35.4 Å². The van der Waals surface area contributed by atoms with Crippen LogP contribution < -0.4 is 0 Å². The van der Waals surface area contributed by atoms with Crippen molar-refractivity contribution in [3.8, 4) is 0 Å². The molecule has 17 heavy (non-hydrogen) atoms. The highest BCUT2D eigenvalue weighted by Crippen LogP contribution is 2.56. The van der Waals surface area contributed by atoms with E-state index < -0.39 is 0 Å². The van der Waals surface area contributed by atoms with E-state index in [-0.39, 0.29) is 23.4 Å². The first kappa shape index (κ1) is 10.8. The van der Waals surface area contributed by atoms with Gasteiger partial charge < -0.3 is 9.47 Å². The van der Waals surface area contributed by atoms with E-state index in [2.05, 4.69) is 31.2 Å². The maximum absolute atomic E-state index is 11.8. The topological polar surface area (TPSA) is 35.5 Å². The summed E-state index contributed by atoms with van der Waals surface area (Å²) in [6.07, 6.45) is 0.999. The number of aryl methyl sites for hydroxylation is 1. The molecule has 0 N–H and O–H groups in total. The molecule has 2 heterocycles. The van der Waals surface area contributed by atoms with Gasteiger partial charge in [0.15, 0.2) is 0 Å². The minimum Gasteiger partial charge on any atom is -0.469 e. The second-order valence-corrected chi connectivity index (χ2v) is 5.08. The predicted molar refractivity (Wildman–Crippen MR) is 62.7 cm³/mol. The van der Waals surface area contributed by atoms with Crippen LogP contribution in [0.4, 0.5) is 0 Å². The van der Waals surface area contributed by atoms with Gasteiger partial charge in [-0.1, -0.05) is 29.8 Å². The van der Waals surface area contributed by atoms with Crippen LogP contribution in [0.25, 0.3) is 0 Å². The van der Waals surface area contributed by atoms with E-state index in [0.29, 0.717) is 6.61 Å². The lowest BCUT2D eigenvalue weighted by molar-refractivity contribution is -0.154. The van der Waals surface area contributed by atoms with Crippen LogP contribution in [0.3, 0.4) is 0 Å². The van der Waals surface area contributed by atoms with Gasteiger partial charge in [0.1, 0.15) is 0 Å². The molecule has 3 atom stereocenters. The van der Waals surface area contributed by atoms with Crippen LogP contribution >= 0.6 is 0 Å². The Kier molecular flexibility index (Phi) is 2.26. The highest BCUT2D eigenvalue weighted by molar-refractivity contribution is 5.78. The average molecular weight is 232 g/mol. The van der Waals surface area contributed by atoms with Gasteiger partial charge in [0, 0.05) is 5.41 Å². The van der Waals surface area contributed by atoms with Crippen LogP contribution in [0.1, 0.15) is 17.5 Å². The van der Waals surface area contributed by atoms with Crippen molar-refractivity contribution in [2.45, 2.75) is 24.9 Å². The first-order chi connectivity index (χ1) is 8.17. The third-order valence-electron chi connectivity index (χ3n) is 4.17. The Bertz CT molecular complexity index is 447. The monoisotopic (exact) mass is 232 g/mol. The van der Waals surface area contributed by atoms with Gasteiger partial charge in [-0.05, 0) is 18.9 Å². The summed E-state index contributed by atoms with van der Waals surface area (Å²) in [7, 11) is 1.45. The molecular weight excluding hydrogens is 216 g/mol. The largest absolute Gasteiger partial charge is 0.469 e. The second kappa shape index (κ2) is 3.57. The summed E-state index contributed by atoms with van der Waals surface area (Å²) in [5, 5.41) is 0. The molecule has 3 heteroatoms. The van der Waals surface area contributed by atoms with E-state index in [9.17, 15) is 4.79 Å².